The largest absolute Gasteiger partial charge is 0.497 e. The molecule has 0 atom stereocenters. The van der Waals surface area contributed by atoms with E-state index in [0.29, 0.717) is 23.5 Å². The Hall–Kier alpha value is -2.06. The molecule has 0 aliphatic carbocycles. The van der Waals surface area contributed by atoms with Crippen LogP contribution in [0.4, 0.5) is 0 Å². The Kier molecular flexibility index (Phi) is 2.91. The van der Waals surface area contributed by atoms with Crippen LogP contribution >= 0.6 is 0 Å². The predicted molar refractivity (Wildman–Crippen MR) is 79.3 cm³/mol. The molecule has 2 heteroatoms. The molecule has 98 valence electrons. The van der Waals surface area contributed by atoms with Crippen LogP contribution in [0.1, 0.15) is 12.4 Å². The fourth-order valence-corrected chi connectivity index (χ4v) is 1.68. The van der Waals surface area contributed by atoms with Gasteiger partial charge in [0.15, 0.2) is 0 Å². The minimum Gasteiger partial charge on any atom is -0.497 e. The van der Waals surface area contributed by atoms with Gasteiger partial charge >= 0.3 is 0 Å². The molecule has 2 nitrogen and oxygen atoms in total. The van der Waals surface area contributed by atoms with Crippen LogP contribution in [0.15, 0.2) is 54.5 Å². The van der Waals surface area contributed by atoms with Crippen molar-refractivity contribution in [1.82, 2.24) is 0 Å². The van der Waals surface area contributed by atoms with Crippen molar-refractivity contribution in [2.24, 2.45) is 0 Å². The highest BCUT2D eigenvalue weighted by Crippen LogP contribution is 2.28. The van der Waals surface area contributed by atoms with Gasteiger partial charge in [0.2, 0.25) is 0 Å². The van der Waals surface area contributed by atoms with Gasteiger partial charge in [-0.25, -0.2) is 0 Å². The predicted octanol–water partition coefficient (Wildman–Crippen LogP) is 4.02. The van der Waals surface area contributed by atoms with Crippen molar-refractivity contribution < 1.29 is 16.3 Å². The summed E-state index contributed by atoms with van der Waals surface area (Å²) in [4.78, 5) is 0. The van der Waals surface area contributed by atoms with Crippen molar-refractivity contribution in [2.75, 3.05) is 20.8 Å². The second-order valence-corrected chi connectivity index (χ2v) is 3.81. The minimum atomic E-state index is -0.409. The van der Waals surface area contributed by atoms with Gasteiger partial charge in [0.05, 0.1) is 20.6 Å². The molecule has 2 rings (SSSR count). The SMILES string of the molecule is [2H]c1c([2H])c([2H])c(-c2cc(OC)ccc2/C=C/COC)c([2H])c1[2H]. The normalized spacial score (nSPS) is 14.5. The monoisotopic (exact) mass is 259 g/mol. The maximum Gasteiger partial charge on any atom is 0.119 e. The molecule has 0 amide bonds. The smallest absolute Gasteiger partial charge is 0.119 e. The third-order valence-corrected chi connectivity index (χ3v) is 2.59. The van der Waals surface area contributed by atoms with Crippen molar-refractivity contribution in [3.05, 3.63) is 60.1 Å². The Morgan fingerprint density at radius 3 is 2.63 bits per heavy atom. The number of hydrogen-bond acceptors (Lipinski definition) is 2. The van der Waals surface area contributed by atoms with Crippen molar-refractivity contribution in [2.45, 2.75) is 0 Å². The summed E-state index contributed by atoms with van der Waals surface area (Å²) in [7, 11) is 3.09. The zero-order valence-electron chi connectivity index (χ0n) is 15.9. The lowest BCUT2D eigenvalue weighted by atomic mass is 9.99. The van der Waals surface area contributed by atoms with Crippen molar-refractivity contribution in [3.63, 3.8) is 0 Å². The van der Waals surface area contributed by atoms with E-state index in [1.807, 2.05) is 0 Å². The summed E-state index contributed by atoms with van der Waals surface area (Å²) in [6, 6.07) is 3.59. The quantitative estimate of drug-likeness (QED) is 0.807. The summed E-state index contributed by atoms with van der Waals surface area (Å²) in [5, 5.41) is 0. The molecular weight excluding hydrogens is 236 g/mol. The first kappa shape index (κ1) is 8.18. The lowest BCUT2D eigenvalue weighted by Crippen LogP contribution is -1.88. The van der Waals surface area contributed by atoms with Crippen LogP contribution < -0.4 is 4.74 Å². The maximum atomic E-state index is 8.15. The first-order valence-corrected chi connectivity index (χ1v) is 5.83. The molecule has 0 unspecified atom stereocenters. The molecule has 0 fully saturated rings. The Labute approximate surface area is 121 Å². The minimum absolute atomic E-state index is 0.150. The van der Waals surface area contributed by atoms with Gasteiger partial charge in [0.1, 0.15) is 5.75 Å². The number of benzene rings is 2. The fraction of sp³-hybridized carbons (Fsp3) is 0.176. The molecule has 0 radical (unpaired) electrons. The lowest BCUT2D eigenvalue weighted by molar-refractivity contribution is 0.234. The zero-order chi connectivity index (χ0) is 17.9. The van der Waals surface area contributed by atoms with Gasteiger partial charge in [0.25, 0.3) is 0 Å². The maximum absolute atomic E-state index is 8.15. The van der Waals surface area contributed by atoms with Gasteiger partial charge in [-0.3, -0.25) is 0 Å². The second-order valence-electron chi connectivity index (χ2n) is 3.81. The Morgan fingerprint density at radius 1 is 1.16 bits per heavy atom. The molecule has 0 aliphatic heterocycles. The van der Waals surface area contributed by atoms with Crippen LogP contribution in [0.2, 0.25) is 0 Å². The number of ether oxygens (including phenoxy) is 2. The van der Waals surface area contributed by atoms with E-state index < -0.39 is 6.04 Å². The summed E-state index contributed by atoms with van der Waals surface area (Å²) < 4.78 is 49.9. The van der Waals surface area contributed by atoms with Gasteiger partial charge in [-0.05, 0) is 28.8 Å². The molecule has 0 saturated carbocycles. The Bertz CT molecular complexity index is 758. The topological polar surface area (TPSA) is 18.5 Å². The lowest BCUT2D eigenvalue weighted by Gasteiger charge is -2.09. The molecule has 0 heterocycles. The first-order valence-electron chi connectivity index (χ1n) is 8.33. The molecule has 0 N–H and O–H groups in total. The van der Waals surface area contributed by atoms with Crippen LogP contribution in [0.25, 0.3) is 17.2 Å². The van der Waals surface area contributed by atoms with Crippen LogP contribution in [0.3, 0.4) is 0 Å². The summed E-state index contributed by atoms with van der Waals surface area (Å²) in [5.74, 6) is 0.542. The third-order valence-electron chi connectivity index (χ3n) is 2.59. The van der Waals surface area contributed by atoms with Crippen molar-refractivity contribution in [1.29, 1.82) is 0 Å². The number of hydrogen-bond donors (Lipinski definition) is 0. The Balaban J connectivity index is 2.75. The van der Waals surface area contributed by atoms with Gasteiger partial charge in [0, 0.05) is 7.11 Å². The Morgan fingerprint density at radius 2 is 1.95 bits per heavy atom. The standard InChI is InChI=1S/C17H18O2/c1-18-12-6-9-15-10-11-16(19-2)13-17(15)14-7-4-3-5-8-14/h3-11,13H,12H2,1-2H3/b9-6+/i3D,4D,5D,7D,8D. The molecular formula is C17H18O2. The molecule has 2 aromatic carbocycles. The van der Waals surface area contributed by atoms with Gasteiger partial charge in [-0.2, -0.15) is 0 Å². The van der Waals surface area contributed by atoms with Gasteiger partial charge < -0.3 is 9.47 Å². The van der Waals surface area contributed by atoms with E-state index in [4.69, 9.17) is 16.3 Å². The van der Waals surface area contributed by atoms with Crippen LogP contribution in [0, 0.1) is 0 Å². The van der Waals surface area contributed by atoms with E-state index in [-0.39, 0.29) is 29.7 Å². The zero-order valence-corrected chi connectivity index (χ0v) is 10.9. The van der Waals surface area contributed by atoms with Crippen molar-refractivity contribution in [3.8, 4) is 16.9 Å². The van der Waals surface area contributed by atoms with E-state index in [2.05, 4.69) is 0 Å². The molecule has 0 aromatic heterocycles. The summed E-state index contributed by atoms with van der Waals surface area (Å²) in [5.41, 5.74) is 1.38. The molecule has 0 saturated heterocycles. The van der Waals surface area contributed by atoms with E-state index in [1.54, 1.807) is 37.5 Å². The van der Waals surface area contributed by atoms with E-state index >= 15 is 0 Å². The highest BCUT2D eigenvalue weighted by Gasteiger charge is 2.04. The van der Waals surface area contributed by atoms with Crippen LogP contribution in [-0.4, -0.2) is 20.8 Å². The summed E-state index contributed by atoms with van der Waals surface area (Å²) in [6.45, 7) is 0.409. The summed E-state index contributed by atoms with van der Waals surface area (Å²) >= 11 is 0. The third kappa shape index (κ3) is 3.46. The molecule has 0 aliphatic rings. The van der Waals surface area contributed by atoms with Gasteiger partial charge in [-0.1, -0.05) is 48.4 Å². The number of rotatable bonds is 5. The molecule has 0 bridgehead atoms. The highest BCUT2D eigenvalue weighted by molar-refractivity contribution is 5.76. The highest BCUT2D eigenvalue weighted by atomic mass is 16.5. The second kappa shape index (κ2) is 6.76. The van der Waals surface area contributed by atoms with Crippen LogP contribution in [0.5, 0.6) is 5.75 Å². The van der Waals surface area contributed by atoms with E-state index in [9.17, 15) is 0 Å². The molecule has 19 heavy (non-hydrogen) atoms. The average molecular weight is 259 g/mol. The van der Waals surface area contributed by atoms with E-state index in [1.165, 1.54) is 7.11 Å². The molecule has 0 spiro atoms. The van der Waals surface area contributed by atoms with Crippen LogP contribution in [-0.2, 0) is 4.74 Å². The fourth-order valence-electron chi connectivity index (χ4n) is 1.68. The van der Waals surface area contributed by atoms with Crippen molar-refractivity contribution >= 4 is 6.08 Å². The first-order chi connectivity index (χ1) is 11.4. The van der Waals surface area contributed by atoms with E-state index in [0.717, 1.165) is 0 Å². The average Bonchev–Trinajstić information content (AvgIpc) is 2.59. The number of methoxy groups -OCH3 is 2. The van der Waals surface area contributed by atoms with Gasteiger partial charge in [-0.15, -0.1) is 0 Å². The molecule has 2 aromatic rings. The summed E-state index contributed by atoms with van der Waals surface area (Å²) in [6.07, 6.45) is 3.58.